The minimum absolute atomic E-state index is 0.0202. The number of amides is 1. The van der Waals surface area contributed by atoms with Gasteiger partial charge in [-0.1, -0.05) is 6.07 Å². The van der Waals surface area contributed by atoms with Crippen LogP contribution >= 0.6 is 11.8 Å². The molecule has 18 heavy (non-hydrogen) atoms. The van der Waals surface area contributed by atoms with Crippen molar-refractivity contribution >= 4 is 29.2 Å². The van der Waals surface area contributed by atoms with Crippen LogP contribution in [0.25, 0.3) is 11.3 Å². The molecule has 1 aromatic carbocycles. The summed E-state index contributed by atoms with van der Waals surface area (Å²) in [5.74, 6) is 0.912. The average molecular weight is 258 g/mol. The molecule has 0 saturated heterocycles. The van der Waals surface area contributed by atoms with E-state index >= 15 is 0 Å². The minimum atomic E-state index is 0.0202. The van der Waals surface area contributed by atoms with E-state index in [0.717, 1.165) is 21.8 Å². The standard InChI is InChI=1S/C12H10N4OS/c13-11-4-8(14-6-15-11)7-1-2-10-9(3-7)16-12(17)5-18-10/h1-4,6H,5H2,(H,16,17)(H2,13,14,15). The molecule has 1 aliphatic heterocycles. The van der Waals surface area contributed by atoms with E-state index in [1.54, 1.807) is 6.07 Å². The Morgan fingerprint density at radius 3 is 3.00 bits per heavy atom. The first kappa shape index (κ1) is 11.0. The topological polar surface area (TPSA) is 80.9 Å². The van der Waals surface area contributed by atoms with Gasteiger partial charge < -0.3 is 11.1 Å². The molecule has 2 aromatic rings. The van der Waals surface area contributed by atoms with Crippen molar-refractivity contribution in [3.8, 4) is 11.3 Å². The highest BCUT2D eigenvalue weighted by atomic mass is 32.2. The highest BCUT2D eigenvalue weighted by molar-refractivity contribution is 8.00. The molecule has 3 rings (SSSR count). The number of fused-ring (bicyclic) bond motifs is 1. The van der Waals surface area contributed by atoms with Crippen LogP contribution in [0, 0.1) is 0 Å². The third-order valence-electron chi connectivity index (χ3n) is 2.60. The lowest BCUT2D eigenvalue weighted by atomic mass is 10.1. The normalized spacial score (nSPS) is 13.9. The number of thioether (sulfide) groups is 1. The van der Waals surface area contributed by atoms with Gasteiger partial charge in [-0.2, -0.15) is 0 Å². The largest absolute Gasteiger partial charge is 0.384 e. The van der Waals surface area contributed by atoms with Crippen molar-refractivity contribution < 1.29 is 4.79 Å². The molecule has 2 heterocycles. The summed E-state index contributed by atoms with van der Waals surface area (Å²) in [4.78, 5) is 20.4. The van der Waals surface area contributed by atoms with Crippen molar-refractivity contribution in [3.05, 3.63) is 30.6 Å². The lowest BCUT2D eigenvalue weighted by Crippen LogP contribution is -2.18. The maximum atomic E-state index is 11.4. The molecule has 5 nitrogen and oxygen atoms in total. The molecule has 0 fully saturated rings. The molecular formula is C12H10N4OS. The SMILES string of the molecule is Nc1cc(-c2ccc3c(c2)NC(=O)CS3)ncn1. The number of rotatable bonds is 1. The van der Waals surface area contributed by atoms with Gasteiger partial charge in [0.1, 0.15) is 12.1 Å². The second-order valence-electron chi connectivity index (χ2n) is 3.88. The Morgan fingerprint density at radius 2 is 2.17 bits per heavy atom. The van der Waals surface area contributed by atoms with E-state index < -0.39 is 0 Å². The Labute approximate surface area is 108 Å². The first-order chi connectivity index (χ1) is 8.72. The van der Waals surface area contributed by atoms with Crippen molar-refractivity contribution in [2.24, 2.45) is 0 Å². The van der Waals surface area contributed by atoms with Gasteiger partial charge in [-0.25, -0.2) is 9.97 Å². The number of nitrogen functional groups attached to an aromatic ring is 1. The van der Waals surface area contributed by atoms with E-state index in [9.17, 15) is 4.79 Å². The van der Waals surface area contributed by atoms with Gasteiger partial charge in [0.15, 0.2) is 0 Å². The van der Waals surface area contributed by atoms with Crippen LogP contribution in [0.1, 0.15) is 0 Å². The first-order valence-electron chi connectivity index (χ1n) is 5.37. The first-order valence-corrected chi connectivity index (χ1v) is 6.35. The van der Waals surface area contributed by atoms with E-state index in [1.807, 2.05) is 18.2 Å². The molecule has 0 aliphatic carbocycles. The highest BCUT2D eigenvalue weighted by Gasteiger charge is 2.16. The number of carbonyl (C=O) groups is 1. The number of nitrogens with one attached hydrogen (secondary N) is 1. The summed E-state index contributed by atoms with van der Waals surface area (Å²) in [6.45, 7) is 0. The van der Waals surface area contributed by atoms with Crippen molar-refractivity contribution in [1.29, 1.82) is 0 Å². The number of aromatic nitrogens is 2. The number of hydrogen-bond donors (Lipinski definition) is 2. The summed E-state index contributed by atoms with van der Waals surface area (Å²) in [6.07, 6.45) is 1.43. The zero-order valence-electron chi connectivity index (χ0n) is 9.38. The number of nitrogens with zero attached hydrogens (tertiary/aromatic N) is 2. The van der Waals surface area contributed by atoms with Crippen LogP contribution in [0.2, 0.25) is 0 Å². The van der Waals surface area contributed by atoms with Crippen LogP contribution in [0.3, 0.4) is 0 Å². The maximum Gasteiger partial charge on any atom is 0.234 e. The Balaban J connectivity index is 2.04. The number of nitrogens with two attached hydrogens (primary N) is 1. The van der Waals surface area contributed by atoms with Gasteiger partial charge in [-0.3, -0.25) is 4.79 Å². The zero-order chi connectivity index (χ0) is 12.5. The summed E-state index contributed by atoms with van der Waals surface area (Å²) in [6, 6.07) is 7.55. The molecule has 0 unspecified atom stereocenters. The van der Waals surface area contributed by atoms with Crippen LogP contribution in [0.4, 0.5) is 11.5 Å². The van der Waals surface area contributed by atoms with Crippen molar-refractivity contribution in [2.45, 2.75) is 4.90 Å². The van der Waals surface area contributed by atoms with E-state index in [1.165, 1.54) is 18.1 Å². The van der Waals surface area contributed by atoms with E-state index in [-0.39, 0.29) is 5.91 Å². The van der Waals surface area contributed by atoms with Gasteiger partial charge in [0, 0.05) is 16.5 Å². The number of anilines is 2. The number of carbonyl (C=O) groups excluding carboxylic acids is 1. The predicted molar refractivity (Wildman–Crippen MR) is 71.2 cm³/mol. The Bertz CT molecular complexity index is 629. The number of hydrogen-bond acceptors (Lipinski definition) is 5. The third-order valence-corrected chi connectivity index (χ3v) is 3.67. The van der Waals surface area contributed by atoms with E-state index in [2.05, 4.69) is 15.3 Å². The molecule has 1 aromatic heterocycles. The molecule has 1 aliphatic rings. The summed E-state index contributed by atoms with van der Waals surface area (Å²) in [5.41, 5.74) is 8.11. The second kappa shape index (κ2) is 4.30. The lowest BCUT2D eigenvalue weighted by molar-refractivity contribution is -0.113. The highest BCUT2D eigenvalue weighted by Crippen LogP contribution is 2.34. The quantitative estimate of drug-likeness (QED) is 0.814. The van der Waals surface area contributed by atoms with Crippen LogP contribution in [0.15, 0.2) is 35.5 Å². The second-order valence-corrected chi connectivity index (χ2v) is 4.89. The number of benzene rings is 1. The van der Waals surface area contributed by atoms with Gasteiger partial charge in [0.2, 0.25) is 5.91 Å². The van der Waals surface area contributed by atoms with E-state index in [0.29, 0.717) is 11.6 Å². The molecule has 3 N–H and O–H groups in total. The Hall–Kier alpha value is -2.08. The van der Waals surface area contributed by atoms with Crippen LogP contribution in [-0.2, 0) is 4.79 Å². The third kappa shape index (κ3) is 2.02. The minimum Gasteiger partial charge on any atom is -0.384 e. The smallest absolute Gasteiger partial charge is 0.234 e. The molecule has 0 saturated carbocycles. The monoisotopic (exact) mass is 258 g/mol. The van der Waals surface area contributed by atoms with Crippen molar-refractivity contribution in [3.63, 3.8) is 0 Å². The van der Waals surface area contributed by atoms with Crippen LogP contribution in [0.5, 0.6) is 0 Å². The molecular weight excluding hydrogens is 248 g/mol. The lowest BCUT2D eigenvalue weighted by Gasteiger charge is -2.16. The van der Waals surface area contributed by atoms with Gasteiger partial charge in [-0.15, -0.1) is 11.8 Å². The van der Waals surface area contributed by atoms with Crippen LogP contribution in [-0.4, -0.2) is 21.6 Å². The average Bonchev–Trinajstić information content (AvgIpc) is 2.38. The summed E-state index contributed by atoms with van der Waals surface area (Å²) >= 11 is 1.53. The van der Waals surface area contributed by atoms with Crippen molar-refractivity contribution in [2.75, 3.05) is 16.8 Å². The van der Waals surface area contributed by atoms with Gasteiger partial charge in [0.05, 0.1) is 17.1 Å². The molecule has 0 atom stereocenters. The predicted octanol–water partition coefficient (Wildman–Crippen LogP) is 1.77. The van der Waals surface area contributed by atoms with Gasteiger partial charge in [0.25, 0.3) is 0 Å². The zero-order valence-corrected chi connectivity index (χ0v) is 10.2. The molecule has 6 heteroatoms. The van der Waals surface area contributed by atoms with Gasteiger partial charge in [-0.05, 0) is 12.1 Å². The maximum absolute atomic E-state index is 11.4. The van der Waals surface area contributed by atoms with Crippen molar-refractivity contribution in [1.82, 2.24) is 9.97 Å². The Morgan fingerprint density at radius 1 is 1.28 bits per heavy atom. The molecule has 1 amide bonds. The van der Waals surface area contributed by atoms with Gasteiger partial charge >= 0.3 is 0 Å². The fourth-order valence-electron chi connectivity index (χ4n) is 1.77. The molecule has 0 radical (unpaired) electrons. The summed E-state index contributed by atoms with van der Waals surface area (Å²) in [7, 11) is 0. The Kier molecular flexibility index (Phi) is 2.64. The summed E-state index contributed by atoms with van der Waals surface area (Å²) in [5, 5.41) is 2.85. The van der Waals surface area contributed by atoms with Crippen LogP contribution < -0.4 is 11.1 Å². The molecule has 0 spiro atoms. The molecule has 0 bridgehead atoms. The fourth-order valence-corrected chi connectivity index (χ4v) is 2.56. The summed E-state index contributed by atoms with van der Waals surface area (Å²) < 4.78 is 0. The molecule has 90 valence electrons. The fraction of sp³-hybridized carbons (Fsp3) is 0.0833. The van der Waals surface area contributed by atoms with E-state index in [4.69, 9.17) is 5.73 Å².